The van der Waals surface area contributed by atoms with Crippen LogP contribution in [0.2, 0.25) is 0 Å². The van der Waals surface area contributed by atoms with Gasteiger partial charge in [-0.25, -0.2) is 14.4 Å². The molecular weight excluding hydrogens is 268 g/mol. The van der Waals surface area contributed by atoms with E-state index in [1.165, 1.54) is 11.8 Å². The number of amides is 2. The zero-order valence-corrected chi connectivity index (χ0v) is 11.5. The minimum Gasteiger partial charge on any atom is -0.480 e. The molecule has 1 fully saturated rings. The Balaban J connectivity index is 2.70. The molecule has 0 aliphatic carbocycles. The molecule has 1 heterocycles. The molecule has 0 aromatic heterocycles. The Morgan fingerprint density at radius 3 is 2.60 bits per heavy atom. The Kier molecular flexibility index (Phi) is 5.75. The summed E-state index contributed by atoms with van der Waals surface area (Å²) in [5.74, 6) is -1.83. The van der Waals surface area contributed by atoms with Crippen molar-refractivity contribution in [2.75, 3.05) is 13.2 Å². The maximum absolute atomic E-state index is 12.0. The number of carboxylic acids is 1. The number of nitrogens with one attached hydrogen (secondary N) is 1. The molecule has 0 aromatic rings. The minimum atomic E-state index is -1.41. The number of esters is 1. The molecule has 1 saturated heterocycles. The first-order valence-corrected chi connectivity index (χ1v) is 6.53. The van der Waals surface area contributed by atoms with Crippen LogP contribution in [0.1, 0.15) is 26.7 Å². The predicted octanol–water partition coefficient (Wildman–Crippen LogP) is -0.442. The van der Waals surface area contributed by atoms with Crippen LogP contribution in [0.4, 0.5) is 4.79 Å². The topological polar surface area (TPSA) is 116 Å². The first kappa shape index (κ1) is 16.2. The summed E-state index contributed by atoms with van der Waals surface area (Å²) in [6, 6.07) is -2.79. The highest BCUT2D eigenvalue weighted by molar-refractivity contribution is 5.87. The average molecular weight is 288 g/mol. The molecule has 1 aliphatic rings. The molecule has 114 valence electrons. The normalized spacial score (nSPS) is 21.1. The fourth-order valence-corrected chi connectivity index (χ4v) is 2.10. The second kappa shape index (κ2) is 7.09. The number of carbonyl (C=O) groups excluding carboxylic acids is 2. The maximum atomic E-state index is 12.0. The van der Waals surface area contributed by atoms with Crippen molar-refractivity contribution in [1.29, 1.82) is 0 Å². The van der Waals surface area contributed by atoms with E-state index in [1.807, 2.05) is 0 Å². The van der Waals surface area contributed by atoms with Gasteiger partial charge in [0, 0.05) is 6.54 Å². The third-order valence-corrected chi connectivity index (χ3v) is 3.10. The van der Waals surface area contributed by atoms with Crippen molar-refractivity contribution in [3.8, 4) is 0 Å². The van der Waals surface area contributed by atoms with Gasteiger partial charge in [0.2, 0.25) is 0 Å². The van der Waals surface area contributed by atoms with Crippen molar-refractivity contribution in [2.45, 2.75) is 44.9 Å². The molecule has 1 aliphatic heterocycles. The smallest absolute Gasteiger partial charge is 0.328 e. The summed E-state index contributed by atoms with van der Waals surface area (Å²) in [4.78, 5) is 35.9. The van der Waals surface area contributed by atoms with Gasteiger partial charge in [-0.2, -0.15) is 0 Å². The van der Waals surface area contributed by atoms with Crippen LogP contribution in [0.3, 0.4) is 0 Å². The highest BCUT2D eigenvalue weighted by atomic mass is 16.5. The Labute approximate surface area is 116 Å². The fourth-order valence-electron chi connectivity index (χ4n) is 2.10. The number of aliphatic hydroxyl groups excluding tert-OH is 1. The molecule has 0 radical (unpaired) electrons. The van der Waals surface area contributed by atoms with Gasteiger partial charge in [0.25, 0.3) is 0 Å². The highest BCUT2D eigenvalue weighted by Crippen LogP contribution is 2.18. The quantitative estimate of drug-likeness (QED) is 0.590. The van der Waals surface area contributed by atoms with E-state index in [2.05, 4.69) is 5.32 Å². The monoisotopic (exact) mass is 288 g/mol. The standard InChI is InChI=1S/C12H20N2O6/c1-3-20-11(18)8-5-4-6-14(8)12(19)13-9(7(2)15)10(16)17/h7-9,15H,3-6H2,1-2H3,(H,13,19)(H,16,17). The number of carbonyl (C=O) groups is 3. The number of hydrogen-bond donors (Lipinski definition) is 3. The van der Waals surface area contributed by atoms with Crippen LogP contribution < -0.4 is 5.32 Å². The summed E-state index contributed by atoms with van der Waals surface area (Å²) in [6.45, 7) is 3.51. The summed E-state index contributed by atoms with van der Waals surface area (Å²) in [5, 5.41) is 20.5. The molecule has 1 rings (SSSR count). The molecule has 0 saturated carbocycles. The lowest BCUT2D eigenvalue weighted by molar-refractivity contribution is -0.147. The maximum Gasteiger partial charge on any atom is 0.328 e. The van der Waals surface area contributed by atoms with E-state index in [0.29, 0.717) is 19.4 Å². The highest BCUT2D eigenvalue weighted by Gasteiger charge is 2.37. The zero-order valence-electron chi connectivity index (χ0n) is 11.5. The number of likely N-dealkylation sites (tertiary alicyclic amines) is 1. The Morgan fingerprint density at radius 2 is 2.10 bits per heavy atom. The van der Waals surface area contributed by atoms with Crippen molar-refractivity contribution >= 4 is 18.0 Å². The minimum absolute atomic E-state index is 0.218. The van der Waals surface area contributed by atoms with Crippen LogP contribution >= 0.6 is 0 Å². The van der Waals surface area contributed by atoms with Crippen LogP contribution in [-0.2, 0) is 14.3 Å². The molecule has 3 atom stereocenters. The average Bonchev–Trinajstić information content (AvgIpc) is 2.84. The van der Waals surface area contributed by atoms with Gasteiger partial charge in [0.05, 0.1) is 12.7 Å². The molecule has 2 amide bonds. The third kappa shape index (κ3) is 3.83. The fraction of sp³-hybridized carbons (Fsp3) is 0.750. The Morgan fingerprint density at radius 1 is 1.45 bits per heavy atom. The third-order valence-electron chi connectivity index (χ3n) is 3.10. The number of aliphatic carboxylic acids is 1. The predicted molar refractivity (Wildman–Crippen MR) is 68.0 cm³/mol. The summed E-state index contributed by atoms with van der Waals surface area (Å²) < 4.78 is 4.88. The lowest BCUT2D eigenvalue weighted by Gasteiger charge is -2.26. The van der Waals surface area contributed by atoms with Gasteiger partial charge in [0.1, 0.15) is 6.04 Å². The van der Waals surface area contributed by atoms with Gasteiger partial charge in [-0.15, -0.1) is 0 Å². The number of carboxylic acid groups (broad SMARTS) is 1. The first-order chi connectivity index (χ1) is 9.38. The molecule has 0 spiro atoms. The molecule has 3 unspecified atom stereocenters. The van der Waals surface area contributed by atoms with Gasteiger partial charge in [0.15, 0.2) is 6.04 Å². The molecule has 20 heavy (non-hydrogen) atoms. The first-order valence-electron chi connectivity index (χ1n) is 6.53. The van der Waals surface area contributed by atoms with Crippen molar-refractivity contribution in [2.24, 2.45) is 0 Å². The van der Waals surface area contributed by atoms with Gasteiger partial charge >= 0.3 is 18.0 Å². The van der Waals surface area contributed by atoms with Crippen LogP contribution in [0.5, 0.6) is 0 Å². The Bertz CT molecular complexity index is 384. The molecule has 8 heteroatoms. The second-order valence-electron chi connectivity index (χ2n) is 4.61. The molecule has 0 aromatic carbocycles. The van der Waals surface area contributed by atoms with Gasteiger partial charge in [-0.1, -0.05) is 0 Å². The van der Waals surface area contributed by atoms with Crippen molar-refractivity contribution < 1.29 is 29.3 Å². The van der Waals surface area contributed by atoms with Gasteiger partial charge in [-0.05, 0) is 26.7 Å². The summed E-state index contributed by atoms with van der Waals surface area (Å²) in [7, 11) is 0. The van der Waals surface area contributed by atoms with E-state index in [9.17, 15) is 19.5 Å². The SMILES string of the molecule is CCOC(=O)C1CCCN1C(=O)NC(C(=O)O)C(C)O. The lowest BCUT2D eigenvalue weighted by atomic mass is 10.2. The van der Waals surface area contributed by atoms with Crippen LogP contribution in [-0.4, -0.2) is 64.4 Å². The van der Waals surface area contributed by atoms with Crippen LogP contribution in [0, 0.1) is 0 Å². The number of urea groups is 1. The van der Waals surface area contributed by atoms with E-state index in [-0.39, 0.29) is 6.61 Å². The van der Waals surface area contributed by atoms with E-state index in [1.54, 1.807) is 6.92 Å². The molecule has 3 N–H and O–H groups in total. The molecule has 8 nitrogen and oxygen atoms in total. The van der Waals surface area contributed by atoms with Crippen molar-refractivity contribution in [3.63, 3.8) is 0 Å². The lowest BCUT2D eigenvalue weighted by Crippen LogP contribution is -2.54. The molecule has 0 bridgehead atoms. The van der Waals surface area contributed by atoms with E-state index in [0.717, 1.165) is 0 Å². The van der Waals surface area contributed by atoms with E-state index < -0.39 is 36.2 Å². The largest absolute Gasteiger partial charge is 0.480 e. The van der Waals surface area contributed by atoms with Crippen molar-refractivity contribution in [3.05, 3.63) is 0 Å². The van der Waals surface area contributed by atoms with E-state index in [4.69, 9.17) is 9.84 Å². The number of rotatable bonds is 5. The van der Waals surface area contributed by atoms with Crippen molar-refractivity contribution in [1.82, 2.24) is 10.2 Å². The molecular formula is C12H20N2O6. The van der Waals surface area contributed by atoms with E-state index >= 15 is 0 Å². The van der Waals surface area contributed by atoms with Crippen LogP contribution in [0.15, 0.2) is 0 Å². The summed E-state index contributed by atoms with van der Waals surface area (Å²) >= 11 is 0. The van der Waals surface area contributed by atoms with Gasteiger partial charge < -0.3 is 25.2 Å². The number of ether oxygens (including phenoxy) is 1. The summed E-state index contributed by atoms with van der Waals surface area (Å²) in [5.41, 5.74) is 0. The summed E-state index contributed by atoms with van der Waals surface area (Å²) in [6.07, 6.45) is -0.109. The number of nitrogens with zero attached hydrogens (tertiary/aromatic N) is 1. The Hall–Kier alpha value is -1.83. The number of hydrogen-bond acceptors (Lipinski definition) is 5. The second-order valence-corrected chi connectivity index (χ2v) is 4.61. The number of aliphatic hydroxyl groups is 1. The zero-order chi connectivity index (χ0) is 15.3. The van der Waals surface area contributed by atoms with Crippen LogP contribution in [0.25, 0.3) is 0 Å². The van der Waals surface area contributed by atoms with Gasteiger partial charge in [-0.3, -0.25) is 0 Å².